The number of carbonyl (C=O) groups excluding carboxylic acids is 2. The van der Waals surface area contributed by atoms with Crippen LogP contribution in [0.4, 0.5) is 5.69 Å². The second-order valence-corrected chi connectivity index (χ2v) is 9.00. The van der Waals surface area contributed by atoms with Gasteiger partial charge >= 0.3 is 0 Å². The molecule has 5 nitrogen and oxygen atoms in total. The Kier molecular flexibility index (Phi) is 5.81. The summed E-state index contributed by atoms with van der Waals surface area (Å²) in [5.74, 6) is 0.366. The van der Waals surface area contributed by atoms with E-state index >= 15 is 0 Å². The van der Waals surface area contributed by atoms with E-state index in [1.807, 2.05) is 23.1 Å². The first-order valence-corrected chi connectivity index (χ1v) is 11.6. The van der Waals surface area contributed by atoms with Gasteiger partial charge in [-0.25, -0.2) is 0 Å². The quantitative estimate of drug-likeness (QED) is 0.539. The van der Waals surface area contributed by atoms with Crippen LogP contribution >= 0.6 is 11.6 Å². The number of ether oxygens (including phenoxy) is 1. The summed E-state index contributed by atoms with van der Waals surface area (Å²) in [6.45, 7) is 2.22. The van der Waals surface area contributed by atoms with Crippen molar-refractivity contribution in [3.8, 4) is 5.75 Å². The molecule has 2 aliphatic rings. The van der Waals surface area contributed by atoms with Crippen LogP contribution in [0.15, 0.2) is 66.7 Å². The number of hydrogen-bond acceptors (Lipinski definition) is 3. The van der Waals surface area contributed by atoms with E-state index < -0.39 is 6.10 Å². The normalized spacial score (nSPS) is 19.7. The number of carbonyl (C=O) groups is 2. The number of amides is 2. The Morgan fingerprint density at radius 2 is 1.85 bits per heavy atom. The van der Waals surface area contributed by atoms with E-state index in [2.05, 4.69) is 23.5 Å². The summed E-state index contributed by atoms with van der Waals surface area (Å²) >= 11 is 6.18. The molecule has 0 aromatic heterocycles. The van der Waals surface area contributed by atoms with Gasteiger partial charge in [0, 0.05) is 11.3 Å². The average Bonchev–Trinajstić information content (AvgIpc) is 2.95. The molecule has 2 atom stereocenters. The van der Waals surface area contributed by atoms with Gasteiger partial charge in [0.2, 0.25) is 0 Å². The molecule has 33 heavy (non-hydrogen) atoms. The maximum Gasteiger partial charge on any atom is 0.264 e. The van der Waals surface area contributed by atoms with Crippen molar-refractivity contribution in [2.75, 3.05) is 5.32 Å². The average molecular weight is 461 g/mol. The summed E-state index contributed by atoms with van der Waals surface area (Å²) in [7, 11) is 0. The third kappa shape index (κ3) is 4.21. The highest BCUT2D eigenvalue weighted by atomic mass is 35.5. The van der Waals surface area contributed by atoms with Crippen molar-refractivity contribution in [1.29, 1.82) is 0 Å². The van der Waals surface area contributed by atoms with Gasteiger partial charge in [0.15, 0.2) is 6.10 Å². The number of aryl methyl sites for hydroxylation is 1. The maximum absolute atomic E-state index is 13.3. The van der Waals surface area contributed by atoms with Crippen molar-refractivity contribution in [1.82, 2.24) is 4.90 Å². The molecular weight excluding hydrogens is 436 g/mol. The summed E-state index contributed by atoms with van der Waals surface area (Å²) in [5.41, 5.74) is 4.44. The van der Waals surface area contributed by atoms with E-state index in [0.717, 1.165) is 24.8 Å². The number of fused-ring (bicyclic) bond motifs is 2. The van der Waals surface area contributed by atoms with Crippen molar-refractivity contribution in [3.63, 3.8) is 0 Å². The molecule has 6 heteroatoms. The molecule has 0 saturated carbocycles. The molecule has 3 aromatic rings. The van der Waals surface area contributed by atoms with Crippen molar-refractivity contribution in [2.45, 2.75) is 44.9 Å². The number of benzene rings is 3. The molecule has 3 aromatic carbocycles. The van der Waals surface area contributed by atoms with Crippen LogP contribution in [0.25, 0.3) is 0 Å². The van der Waals surface area contributed by atoms with E-state index in [1.54, 1.807) is 37.3 Å². The second-order valence-electron chi connectivity index (χ2n) is 8.59. The lowest BCUT2D eigenvalue weighted by molar-refractivity contribution is -0.140. The molecule has 0 unspecified atom stereocenters. The minimum Gasteiger partial charge on any atom is -0.481 e. The largest absolute Gasteiger partial charge is 0.481 e. The highest BCUT2D eigenvalue weighted by Gasteiger charge is 2.35. The Morgan fingerprint density at radius 3 is 2.70 bits per heavy atom. The fourth-order valence-corrected chi connectivity index (χ4v) is 5.01. The predicted molar refractivity (Wildman–Crippen MR) is 129 cm³/mol. The van der Waals surface area contributed by atoms with Gasteiger partial charge in [0.1, 0.15) is 5.75 Å². The first-order valence-electron chi connectivity index (χ1n) is 11.2. The smallest absolute Gasteiger partial charge is 0.264 e. The van der Waals surface area contributed by atoms with Gasteiger partial charge in [0.25, 0.3) is 11.8 Å². The van der Waals surface area contributed by atoms with Crippen molar-refractivity contribution < 1.29 is 14.3 Å². The van der Waals surface area contributed by atoms with E-state index in [9.17, 15) is 9.59 Å². The zero-order valence-electron chi connectivity index (χ0n) is 18.4. The van der Waals surface area contributed by atoms with Gasteiger partial charge in [-0.2, -0.15) is 0 Å². The van der Waals surface area contributed by atoms with E-state index in [0.29, 0.717) is 28.6 Å². The van der Waals surface area contributed by atoms with Crippen molar-refractivity contribution >= 4 is 29.1 Å². The van der Waals surface area contributed by atoms with Gasteiger partial charge in [-0.05, 0) is 67.6 Å². The first kappa shape index (κ1) is 21.5. The Labute approximate surface area is 198 Å². The SMILES string of the molecule is C[C@@H]1Oc2ccc(NC(=O)c3ccccc3Cl)cc2CN([C@H]2CCCc3ccccc32)C1=O. The Morgan fingerprint density at radius 1 is 1.06 bits per heavy atom. The number of halogens is 1. The second kappa shape index (κ2) is 8.91. The lowest BCUT2D eigenvalue weighted by Gasteiger charge is -2.35. The molecule has 0 radical (unpaired) electrons. The van der Waals surface area contributed by atoms with Gasteiger partial charge in [-0.15, -0.1) is 0 Å². The van der Waals surface area contributed by atoms with Gasteiger partial charge < -0.3 is 15.0 Å². The monoisotopic (exact) mass is 460 g/mol. The van der Waals surface area contributed by atoms with Gasteiger partial charge in [-0.1, -0.05) is 48.0 Å². The molecular formula is C27H25ClN2O3. The summed E-state index contributed by atoms with van der Waals surface area (Å²) in [6, 6.07) is 20.8. The number of nitrogens with one attached hydrogen (secondary N) is 1. The van der Waals surface area contributed by atoms with E-state index in [1.165, 1.54) is 11.1 Å². The summed E-state index contributed by atoms with van der Waals surface area (Å²) in [6.07, 6.45) is 2.43. The highest BCUT2D eigenvalue weighted by Crippen LogP contribution is 2.38. The molecule has 1 heterocycles. The maximum atomic E-state index is 13.3. The Hall–Kier alpha value is -3.31. The Bertz CT molecular complexity index is 1230. The fourth-order valence-electron chi connectivity index (χ4n) is 4.79. The molecule has 0 fully saturated rings. The highest BCUT2D eigenvalue weighted by molar-refractivity contribution is 6.34. The van der Waals surface area contributed by atoms with Crippen LogP contribution in [0.3, 0.4) is 0 Å². The third-order valence-electron chi connectivity index (χ3n) is 6.43. The molecule has 0 bridgehead atoms. The van der Waals surface area contributed by atoms with Crippen molar-refractivity contribution in [3.05, 3.63) is 94.0 Å². The van der Waals surface area contributed by atoms with Crippen LogP contribution < -0.4 is 10.1 Å². The Balaban J connectivity index is 1.45. The van der Waals surface area contributed by atoms with Crippen LogP contribution in [0, 0.1) is 0 Å². The number of rotatable bonds is 3. The summed E-state index contributed by atoms with van der Waals surface area (Å²) in [4.78, 5) is 28.0. The molecule has 168 valence electrons. The lowest BCUT2D eigenvalue weighted by Crippen LogP contribution is -2.41. The zero-order valence-corrected chi connectivity index (χ0v) is 19.1. The van der Waals surface area contributed by atoms with Gasteiger partial charge in [0.05, 0.1) is 23.2 Å². The molecule has 0 spiro atoms. The molecule has 1 aliphatic heterocycles. The van der Waals surface area contributed by atoms with Crippen LogP contribution in [-0.4, -0.2) is 22.8 Å². The molecule has 5 rings (SSSR count). The standard InChI is InChI=1S/C27H25ClN2O3/c1-17-27(32)30(24-12-6-8-18-7-2-3-9-21(18)24)16-19-15-20(13-14-25(19)33-17)29-26(31)22-10-4-5-11-23(22)28/h2-5,7,9-11,13-15,17,24H,6,8,12,16H2,1H3,(H,29,31)/t17-,24-/m0/s1. The van der Waals surface area contributed by atoms with Crippen LogP contribution in [0.5, 0.6) is 5.75 Å². The van der Waals surface area contributed by atoms with E-state index in [4.69, 9.17) is 16.3 Å². The molecule has 1 N–H and O–H groups in total. The molecule has 1 aliphatic carbocycles. The molecule has 0 saturated heterocycles. The minimum atomic E-state index is -0.580. The fraction of sp³-hybridized carbons (Fsp3) is 0.259. The van der Waals surface area contributed by atoms with Crippen LogP contribution in [0.1, 0.15) is 52.9 Å². The third-order valence-corrected chi connectivity index (χ3v) is 6.76. The number of anilines is 1. The lowest BCUT2D eigenvalue weighted by atomic mass is 9.86. The van der Waals surface area contributed by atoms with Crippen LogP contribution in [0.2, 0.25) is 5.02 Å². The minimum absolute atomic E-state index is 0.0147. The van der Waals surface area contributed by atoms with Crippen molar-refractivity contribution in [2.24, 2.45) is 0 Å². The topological polar surface area (TPSA) is 58.6 Å². The van der Waals surface area contributed by atoms with Crippen LogP contribution in [-0.2, 0) is 17.8 Å². The number of hydrogen-bond donors (Lipinski definition) is 1. The van der Waals surface area contributed by atoms with Gasteiger partial charge in [-0.3, -0.25) is 9.59 Å². The number of nitrogens with zero attached hydrogens (tertiary/aromatic N) is 1. The zero-order chi connectivity index (χ0) is 22.9. The van der Waals surface area contributed by atoms with E-state index in [-0.39, 0.29) is 17.9 Å². The summed E-state index contributed by atoms with van der Waals surface area (Å²) in [5, 5.41) is 3.32. The predicted octanol–water partition coefficient (Wildman–Crippen LogP) is 5.78. The molecule has 2 amide bonds. The first-order chi connectivity index (χ1) is 16.0. The summed E-state index contributed by atoms with van der Waals surface area (Å²) < 4.78 is 6.02.